The van der Waals surface area contributed by atoms with Gasteiger partial charge in [-0.05, 0) is 18.2 Å². The Bertz CT molecular complexity index is 458. The number of amides is 1. The van der Waals surface area contributed by atoms with Gasteiger partial charge in [-0.3, -0.25) is 4.79 Å². The van der Waals surface area contributed by atoms with E-state index in [9.17, 15) is 9.59 Å². The molecule has 1 aromatic carbocycles. The van der Waals surface area contributed by atoms with Crippen LogP contribution in [-0.2, 0) is 4.79 Å². The van der Waals surface area contributed by atoms with Gasteiger partial charge in [0.2, 0.25) is 5.91 Å². The summed E-state index contributed by atoms with van der Waals surface area (Å²) in [5.41, 5.74) is 6.64. The highest BCUT2D eigenvalue weighted by Crippen LogP contribution is 2.19. The number of aromatic carboxylic acids is 1. The third kappa shape index (κ3) is 3.65. The first-order valence-corrected chi connectivity index (χ1v) is 5.48. The standard InChI is InChI=1S/C12H17N3O3/c1-15(2)11(16)5-6-14-10-7-8(13)3-4-9(10)12(17)18/h3-4,7,14H,5-6,13H2,1-2H3,(H,17,18). The minimum atomic E-state index is -1.03. The van der Waals surface area contributed by atoms with Gasteiger partial charge in [-0.25, -0.2) is 4.79 Å². The van der Waals surface area contributed by atoms with Gasteiger partial charge >= 0.3 is 5.97 Å². The number of carbonyl (C=O) groups excluding carboxylic acids is 1. The van der Waals surface area contributed by atoms with Crippen LogP contribution in [0.4, 0.5) is 11.4 Å². The molecule has 1 aromatic rings. The molecule has 0 aliphatic rings. The molecule has 0 fully saturated rings. The zero-order valence-corrected chi connectivity index (χ0v) is 10.4. The van der Waals surface area contributed by atoms with Crippen LogP contribution in [-0.4, -0.2) is 42.5 Å². The number of nitrogen functional groups attached to an aromatic ring is 1. The number of carbonyl (C=O) groups is 2. The Labute approximate surface area is 105 Å². The van der Waals surface area contributed by atoms with Crippen molar-refractivity contribution in [1.82, 2.24) is 4.90 Å². The van der Waals surface area contributed by atoms with Gasteiger partial charge in [0.1, 0.15) is 0 Å². The van der Waals surface area contributed by atoms with Gasteiger partial charge in [-0.1, -0.05) is 0 Å². The second-order valence-electron chi connectivity index (χ2n) is 4.08. The number of carboxylic acid groups (broad SMARTS) is 1. The summed E-state index contributed by atoms with van der Waals surface area (Å²) in [6.07, 6.45) is 0.293. The number of anilines is 2. The number of hydrogen-bond acceptors (Lipinski definition) is 4. The highest BCUT2D eigenvalue weighted by molar-refractivity contribution is 5.95. The Balaban J connectivity index is 2.69. The second kappa shape index (κ2) is 5.90. The summed E-state index contributed by atoms with van der Waals surface area (Å²) in [5.74, 6) is -1.06. The molecule has 0 aliphatic heterocycles. The van der Waals surface area contributed by atoms with Crippen molar-refractivity contribution in [2.75, 3.05) is 31.7 Å². The molecular formula is C12H17N3O3. The Hall–Kier alpha value is -2.24. The van der Waals surface area contributed by atoms with E-state index < -0.39 is 5.97 Å². The summed E-state index contributed by atoms with van der Waals surface area (Å²) in [6, 6.07) is 4.51. The molecule has 0 spiro atoms. The summed E-state index contributed by atoms with van der Waals surface area (Å²) in [4.78, 5) is 23.8. The number of nitrogens with zero attached hydrogens (tertiary/aromatic N) is 1. The molecule has 0 saturated heterocycles. The lowest BCUT2D eigenvalue weighted by Gasteiger charge is -2.12. The van der Waals surface area contributed by atoms with E-state index >= 15 is 0 Å². The van der Waals surface area contributed by atoms with Crippen molar-refractivity contribution < 1.29 is 14.7 Å². The summed E-state index contributed by atoms with van der Waals surface area (Å²) in [7, 11) is 3.34. The van der Waals surface area contributed by atoms with Gasteiger partial charge < -0.3 is 21.1 Å². The second-order valence-corrected chi connectivity index (χ2v) is 4.08. The first kappa shape index (κ1) is 13.8. The van der Waals surface area contributed by atoms with Crippen molar-refractivity contribution in [2.24, 2.45) is 0 Å². The van der Waals surface area contributed by atoms with Crippen LogP contribution in [0, 0.1) is 0 Å². The van der Waals surface area contributed by atoms with Crippen LogP contribution in [0.2, 0.25) is 0 Å². The van der Waals surface area contributed by atoms with Gasteiger partial charge in [0.05, 0.1) is 11.3 Å². The van der Waals surface area contributed by atoms with Gasteiger partial charge in [-0.15, -0.1) is 0 Å². The van der Waals surface area contributed by atoms with Gasteiger partial charge in [0, 0.05) is 32.7 Å². The van der Waals surface area contributed by atoms with Crippen molar-refractivity contribution in [3.63, 3.8) is 0 Å². The van der Waals surface area contributed by atoms with E-state index in [2.05, 4.69) is 5.32 Å². The number of hydrogen-bond donors (Lipinski definition) is 3. The molecule has 1 rings (SSSR count). The van der Waals surface area contributed by atoms with Crippen LogP contribution in [0.1, 0.15) is 16.8 Å². The van der Waals surface area contributed by atoms with E-state index in [0.717, 1.165) is 0 Å². The van der Waals surface area contributed by atoms with Gasteiger partial charge in [0.25, 0.3) is 0 Å². The Morgan fingerprint density at radius 3 is 2.61 bits per heavy atom. The van der Waals surface area contributed by atoms with Crippen LogP contribution in [0.25, 0.3) is 0 Å². The largest absolute Gasteiger partial charge is 0.478 e. The first-order chi connectivity index (χ1) is 8.41. The molecule has 0 heterocycles. The molecule has 0 unspecified atom stereocenters. The molecule has 6 heteroatoms. The van der Waals surface area contributed by atoms with Crippen LogP contribution in [0.5, 0.6) is 0 Å². The Morgan fingerprint density at radius 2 is 2.06 bits per heavy atom. The van der Waals surface area contributed by atoms with E-state index in [1.165, 1.54) is 17.0 Å². The van der Waals surface area contributed by atoms with E-state index in [4.69, 9.17) is 10.8 Å². The number of nitrogens with one attached hydrogen (secondary N) is 1. The number of nitrogens with two attached hydrogens (primary N) is 1. The highest BCUT2D eigenvalue weighted by Gasteiger charge is 2.10. The van der Waals surface area contributed by atoms with Crippen LogP contribution in [0.3, 0.4) is 0 Å². The maximum absolute atomic E-state index is 11.4. The fourth-order valence-corrected chi connectivity index (χ4v) is 1.42. The number of carboxylic acids is 1. The van der Waals surface area contributed by atoms with E-state index in [0.29, 0.717) is 24.3 Å². The first-order valence-electron chi connectivity index (χ1n) is 5.48. The minimum Gasteiger partial charge on any atom is -0.478 e. The van der Waals surface area contributed by atoms with Crippen molar-refractivity contribution in [1.29, 1.82) is 0 Å². The van der Waals surface area contributed by atoms with Crippen molar-refractivity contribution in [2.45, 2.75) is 6.42 Å². The van der Waals surface area contributed by atoms with E-state index in [1.807, 2.05) is 0 Å². The number of benzene rings is 1. The zero-order chi connectivity index (χ0) is 13.7. The molecule has 0 bridgehead atoms. The normalized spacial score (nSPS) is 9.89. The van der Waals surface area contributed by atoms with Crippen molar-refractivity contribution in [3.8, 4) is 0 Å². The molecule has 18 heavy (non-hydrogen) atoms. The van der Waals surface area contributed by atoms with Crippen molar-refractivity contribution in [3.05, 3.63) is 23.8 Å². The molecule has 0 atom stereocenters. The average Bonchev–Trinajstić information content (AvgIpc) is 2.28. The molecule has 0 aliphatic carbocycles. The van der Waals surface area contributed by atoms with Crippen molar-refractivity contribution >= 4 is 23.3 Å². The van der Waals surface area contributed by atoms with Crippen LogP contribution < -0.4 is 11.1 Å². The summed E-state index contributed by atoms with van der Waals surface area (Å²) >= 11 is 0. The summed E-state index contributed by atoms with van der Waals surface area (Å²) < 4.78 is 0. The fraction of sp³-hybridized carbons (Fsp3) is 0.333. The lowest BCUT2D eigenvalue weighted by Crippen LogP contribution is -2.24. The average molecular weight is 251 g/mol. The molecule has 98 valence electrons. The van der Waals surface area contributed by atoms with Gasteiger partial charge in [0.15, 0.2) is 0 Å². The molecule has 1 amide bonds. The monoisotopic (exact) mass is 251 g/mol. The van der Waals surface area contributed by atoms with Crippen LogP contribution >= 0.6 is 0 Å². The topological polar surface area (TPSA) is 95.7 Å². The maximum atomic E-state index is 11.4. The Kier molecular flexibility index (Phi) is 4.53. The Morgan fingerprint density at radius 1 is 1.39 bits per heavy atom. The SMILES string of the molecule is CN(C)C(=O)CCNc1cc(N)ccc1C(=O)O. The quantitative estimate of drug-likeness (QED) is 0.674. The van der Waals surface area contributed by atoms with Gasteiger partial charge in [-0.2, -0.15) is 0 Å². The summed E-state index contributed by atoms with van der Waals surface area (Å²) in [6.45, 7) is 0.362. The van der Waals surface area contributed by atoms with E-state index in [1.54, 1.807) is 20.2 Å². The smallest absolute Gasteiger partial charge is 0.337 e. The van der Waals surface area contributed by atoms with E-state index in [-0.39, 0.29) is 11.5 Å². The maximum Gasteiger partial charge on any atom is 0.337 e. The lowest BCUT2D eigenvalue weighted by atomic mass is 10.1. The third-order valence-electron chi connectivity index (χ3n) is 2.43. The molecule has 4 N–H and O–H groups in total. The molecule has 6 nitrogen and oxygen atoms in total. The molecule has 0 aromatic heterocycles. The van der Waals surface area contributed by atoms with Crippen LogP contribution in [0.15, 0.2) is 18.2 Å². The fourth-order valence-electron chi connectivity index (χ4n) is 1.42. The minimum absolute atomic E-state index is 0.0247. The summed E-state index contributed by atoms with van der Waals surface area (Å²) in [5, 5.41) is 11.9. The molecule has 0 saturated carbocycles. The predicted octanol–water partition coefficient (Wildman–Crippen LogP) is 0.857. The zero-order valence-electron chi connectivity index (χ0n) is 10.4. The third-order valence-corrected chi connectivity index (χ3v) is 2.43. The highest BCUT2D eigenvalue weighted by atomic mass is 16.4. The number of rotatable bonds is 5. The molecular weight excluding hydrogens is 234 g/mol. The lowest BCUT2D eigenvalue weighted by molar-refractivity contribution is -0.128. The molecule has 0 radical (unpaired) electrons. The predicted molar refractivity (Wildman–Crippen MR) is 69.6 cm³/mol.